The van der Waals surface area contributed by atoms with Crippen LogP contribution in [0.25, 0.3) is 0 Å². The fourth-order valence-corrected chi connectivity index (χ4v) is 2.75. The summed E-state index contributed by atoms with van der Waals surface area (Å²) in [6, 6.07) is 7.97. The maximum absolute atomic E-state index is 10.7. The Morgan fingerprint density at radius 2 is 2.25 bits per heavy atom. The summed E-state index contributed by atoms with van der Waals surface area (Å²) in [6.45, 7) is 5.56. The van der Waals surface area contributed by atoms with Crippen LogP contribution < -0.4 is 4.74 Å². The van der Waals surface area contributed by atoms with Crippen LogP contribution in [0.5, 0.6) is 5.75 Å². The lowest BCUT2D eigenvalue weighted by molar-refractivity contribution is 0.202. The van der Waals surface area contributed by atoms with Crippen molar-refractivity contribution in [1.29, 1.82) is 0 Å². The number of fused-ring (bicyclic) bond motifs is 1. The molecule has 0 fully saturated rings. The number of aliphatic hydroxyl groups excluding tert-OH is 1. The van der Waals surface area contributed by atoms with Crippen LogP contribution in [0.1, 0.15) is 42.5 Å². The van der Waals surface area contributed by atoms with Gasteiger partial charge in [0.1, 0.15) is 11.9 Å². The van der Waals surface area contributed by atoms with E-state index in [1.807, 2.05) is 29.8 Å². The van der Waals surface area contributed by atoms with Crippen molar-refractivity contribution in [2.75, 3.05) is 6.61 Å². The molecule has 20 heavy (non-hydrogen) atoms. The molecule has 3 rings (SSSR count). The van der Waals surface area contributed by atoms with Crippen LogP contribution in [-0.4, -0.2) is 21.5 Å². The number of aromatic nitrogens is 2. The number of para-hydroxylation sites is 1. The molecule has 4 heteroatoms. The zero-order valence-electron chi connectivity index (χ0n) is 12.0. The lowest BCUT2D eigenvalue weighted by atomic mass is 10.0. The van der Waals surface area contributed by atoms with E-state index in [0.29, 0.717) is 6.61 Å². The van der Waals surface area contributed by atoms with Gasteiger partial charge in [-0.2, -0.15) is 5.10 Å². The van der Waals surface area contributed by atoms with E-state index in [4.69, 9.17) is 4.74 Å². The molecule has 2 aromatic rings. The molecule has 1 aliphatic rings. The maximum atomic E-state index is 10.7. The fourth-order valence-electron chi connectivity index (χ4n) is 2.75. The minimum atomic E-state index is -0.684. The van der Waals surface area contributed by atoms with Crippen molar-refractivity contribution in [1.82, 2.24) is 9.78 Å². The van der Waals surface area contributed by atoms with Crippen molar-refractivity contribution < 1.29 is 9.84 Å². The first kappa shape index (κ1) is 13.2. The Morgan fingerprint density at radius 3 is 3.00 bits per heavy atom. The molecule has 1 unspecified atom stereocenters. The van der Waals surface area contributed by atoms with Crippen LogP contribution >= 0.6 is 0 Å². The normalized spacial score (nSPS) is 14.9. The number of rotatable bonds is 4. The smallest absolute Gasteiger partial charge is 0.128 e. The molecule has 1 atom stereocenters. The van der Waals surface area contributed by atoms with Gasteiger partial charge in [0.2, 0.25) is 0 Å². The van der Waals surface area contributed by atoms with E-state index in [1.54, 1.807) is 0 Å². The molecule has 1 N–H and O–H groups in total. The van der Waals surface area contributed by atoms with Crippen LogP contribution in [0, 0.1) is 0 Å². The third-order valence-electron chi connectivity index (χ3n) is 3.84. The van der Waals surface area contributed by atoms with Gasteiger partial charge >= 0.3 is 0 Å². The summed E-state index contributed by atoms with van der Waals surface area (Å²) in [5.41, 5.74) is 3.87. The number of benzene rings is 1. The quantitative estimate of drug-likeness (QED) is 0.930. The van der Waals surface area contributed by atoms with Crippen molar-refractivity contribution in [2.45, 2.75) is 39.3 Å². The van der Waals surface area contributed by atoms with Gasteiger partial charge in [0.25, 0.3) is 0 Å². The Hall–Kier alpha value is -1.81. The van der Waals surface area contributed by atoms with Gasteiger partial charge in [-0.1, -0.05) is 25.1 Å². The molecule has 0 saturated heterocycles. The van der Waals surface area contributed by atoms with Gasteiger partial charge < -0.3 is 9.84 Å². The summed E-state index contributed by atoms with van der Waals surface area (Å²) < 4.78 is 7.56. The Kier molecular flexibility index (Phi) is 3.49. The highest BCUT2D eigenvalue weighted by molar-refractivity contribution is 5.47. The van der Waals surface area contributed by atoms with Gasteiger partial charge in [-0.3, -0.25) is 4.68 Å². The molecular weight excluding hydrogens is 252 g/mol. The number of hydrogen-bond acceptors (Lipinski definition) is 3. The first-order valence-corrected chi connectivity index (χ1v) is 7.23. The first-order valence-electron chi connectivity index (χ1n) is 7.23. The van der Waals surface area contributed by atoms with Crippen LogP contribution in [0.4, 0.5) is 0 Å². The summed E-state index contributed by atoms with van der Waals surface area (Å²) >= 11 is 0. The second-order valence-electron chi connectivity index (χ2n) is 5.07. The predicted molar refractivity (Wildman–Crippen MR) is 77.0 cm³/mol. The van der Waals surface area contributed by atoms with E-state index in [-0.39, 0.29) is 0 Å². The van der Waals surface area contributed by atoms with Crippen LogP contribution in [0.2, 0.25) is 0 Å². The monoisotopic (exact) mass is 272 g/mol. The van der Waals surface area contributed by atoms with Crippen molar-refractivity contribution in [2.24, 2.45) is 0 Å². The van der Waals surface area contributed by atoms with Crippen molar-refractivity contribution in [3.63, 3.8) is 0 Å². The molecule has 0 aliphatic carbocycles. The highest BCUT2D eigenvalue weighted by Gasteiger charge is 2.24. The van der Waals surface area contributed by atoms with E-state index >= 15 is 0 Å². The molecule has 0 amide bonds. The van der Waals surface area contributed by atoms with Crippen LogP contribution in [-0.2, 0) is 19.4 Å². The highest BCUT2D eigenvalue weighted by atomic mass is 16.5. The number of hydrogen-bond donors (Lipinski definition) is 1. The van der Waals surface area contributed by atoms with Gasteiger partial charge in [-0.15, -0.1) is 0 Å². The molecule has 0 radical (unpaired) electrons. The number of ether oxygens (including phenoxy) is 1. The zero-order chi connectivity index (χ0) is 14.1. The molecule has 106 valence electrons. The molecule has 1 aromatic carbocycles. The lowest BCUT2D eigenvalue weighted by Crippen LogP contribution is -2.10. The zero-order valence-corrected chi connectivity index (χ0v) is 12.0. The van der Waals surface area contributed by atoms with Gasteiger partial charge in [-0.25, -0.2) is 0 Å². The van der Waals surface area contributed by atoms with Gasteiger partial charge in [-0.05, 0) is 25.0 Å². The van der Waals surface area contributed by atoms with Gasteiger partial charge in [0.05, 0.1) is 18.0 Å². The largest absolute Gasteiger partial charge is 0.493 e. The average Bonchev–Trinajstić information content (AvgIpc) is 3.11. The van der Waals surface area contributed by atoms with Gasteiger partial charge in [0, 0.05) is 18.5 Å². The molecule has 0 saturated carbocycles. The molecule has 2 heterocycles. The highest BCUT2D eigenvalue weighted by Crippen LogP contribution is 2.36. The average molecular weight is 272 g/mol. The van der Waals surface area contributed by atoms with E-state index in [1.165, 1.54) is 5.56 Å². The summed E-state index contributed by atoms with van der Waals surface area (Å²) in [6.07, 6.45) is 1.11. The molecule has 0 bridgehead atoms. The summed E-state index contributed by atoms with van der Waals surface area (Å²) in [5, 5.41) is 15.2. The lowest BCUT2D eigenvalue weighted by Gasteiger charge is -2.15. The second-order valence-corrected chi connectivity index (χ2v) is 5.07. The Balaban J connectivity index is 2.03. The van der Waals surface area contributed by atoms with Crippen molar-refractivity contribution >= 4 is 0 Å². The standard InChI is InChI=1S/C16H20N2O2/c1-3-12-10-14(18(4-2)17-12)15(19)13-7-5-6-11-8-9-20-16(11)13/h5-7,10,15,19H,3-4,8-9H2,1-2H3. The Bertz CT molecular complexity index is 619. The summed E-state index contributed by atoms with van der Waals surface area (Å²) in [4.78, 5) is 0. The van der Waals surface area contributed by atoms with E-state index in [0.717, 1.165) is 42.1 Å². The molecule has 1 aromatic heterocycles. The SMILES string of the molecule is CCc1cc(C(O)c2cccc3c2OCC3)n(CC)n1. The maximum Gasteiger partial charge on any atom is 0.128 e. The Morgan fingerprint density at radius 1 is 1.40 bits per heavy atom. The molecular formula is C16H20N2O2. The van der Waals surface area contributed by atoms with Crippen molar-refractivity contribution in [3.8, 4) is 5.75 Å². The predicted octanol–water partition coefficient (Wildman–Crippen LogP) is 2.48. The van der Waals surface area contributed by atoms with Crippen molar-refractivity contribution in [3.05, 3.63) is 46.8 Å². The Labute approximate surface area is 119 Å². The minimum Gasteiger partial charge on any atom is -0.493 e. The molecule has 4 nitrogen and oxygen atoms in total. The van der Waals surface area contributed by atoms with E-state index in [9.17, 15) is 5.11 Å². The fraction of sp³-hybridized carbons (Fsp3) is 0.438. The van der Waals surface area contributed by atoms with Crippen LogP contribution in [0.3, 0.4) is 0 Å². The van der Waals surface area contributed by atoms with E-state index < -0.39 is 6.10 Å². The summed E-state index contributed by atoms with van der Waals surface area (Å²) in [7, 11) is 0. The third kappa shape index (κ3) is 2.10. The molecule has 0 spiro atoms. The first-order chi connectivity index (χ1) is 9.74. The minimum absolute atomic E-state index is 0.684. The van der Waals surface area contributed by atoms with E-state index in [2.05, 4.69) is 18.1 Å². The number of nitrogens with zero attached hydrogens (tertiary/aromatic N) is 2. The number of aryl methyl sites for hydroxylation is 2. The summed E-state index contributed by atoms with van der Waals surface area (Å²) in [5.74, 6) is 0.849. The number of aliphatic hydroxyl groups is 1. The molecule has 1 aliphatic heterocycles. The van der Waals surface area contributed by atoms with Crippen LogP contribution in [0.15, 0.2) is 24.3 Å². The topological polar surface area (TPSA) is 47.3 Å². The third-order valence-corrected chi connectivity index (χ3v) is 3.84. The second kappa shape index (κ2) is 5.29. The van der Waals surface area contributed by atoms with Gasteiger partial charge in [0.15, 0.2) is 0 Å².